The van der Waals surface area contributed by atoms with Gasteiger partial charge < -0.3 is 0 Å². The maximum Gasteiger partial charge on any atom is 0.416 e. The van der Waals surface area contributed by atoms with Crippen LogP contribution >= 0.6 is 0 Å². The zero-order valence-electron chi connectivity index (χ0n) is 13.0. The molecule has 0 saturated carbocycles. The Morgan fingerprint density at radius 3 is 2.67 bits per heavy atom. The normalized spacial score (nSPS) is 11.7. The summed E-state index contributed by atoms with van der Waals surface area (Å²) in [5.41, 5.74) is 2.11. The number of aryl methyl sites for hydroxylation is 2. The third-order valence-corrected chi connectivity index (χ3v) is 3.81. The van der Waals surface area contributed by atoms with Gasteiger partial charge in [-0.2, -0.15) is 23.5 Å². The van der Waals surface area contributed by atoms with Crippen LogP contribution in [0.1, 0.15) is 29.3 Å². The number of nitriles is 1. The van der Waals surface area contributed by atoms with Crippen LogP contribution in [0.3, 0.4) is 0 Å². The molecule has 0 bridgehead atoms. The first-order valence-corrected chi connectivity index (χ1v) is 7.31. The lowest BCUT2D eigenvalue weighted by Gasteiger charge is -2.11. The summed E-state index contributed by atoms with van der Waals surface area (Å²) in [6.07, 6.45) is -2.34. The Labute approximate surface area is 136 Å². The molecule has 4 nitrogen and oxygen atoms in total. The van der Waals surface area contributed by atoms with Gasteiger partial charge in [-0.05, 0) is 31.0 Å². The molecular weight excluding hydrogens is 317 g/mol. The van der Waals surface area contributed by atoms with Crippen molar-refractivity contribution in [2.24, 2.45) is 0 Å². The van der Waals surface area contributed by atoms with Gasteiger partial charge in [0, 0.05) is 11.8 Å². The van der Waals surface area contributed by atoms with Crippen LogP contribution < -0.4 is 0 Å². The maximum atomic E-state index is 13.0. The monoisotopic (exact) mass is 330 g/mol. The average Bonchev–Trinajstić information content (AvgIpc) is 2.91. The third-order valence-electron chi connectivity index (χ3n) is 3.81. The van der Waals surface area contributed by atoms with Crippen molar-refractivity contribution in [2.75, 3.05) is 0 Å². The second-order valence-electron chi connectivity index (χ2n) is 5.39. The Bertz CT molecular complexity index is 964. The minimum atomic E-state index is -4.42. The summed E-state index contributed by atoms with van der Waals surface area (Å²) in [6.45, 7) is 3.61. The molecule has 0 atom stereocenters. The largest absolute Gasteiger partial charge is 0.416 e. The molecule has 0 aliphatic rings. The predicted octanol–water partition coefficient (Wildman–Crippen LogP) is 4.16. The molecule has 0 fully saturated rings. The molecule has 0 aliphatic heterocycles. The van der Waals surface area contributed by atoms with Crippen molar-refractivity contribution >= 4 is 5.65 Å². The predicted molar refractivity (Wildman–Crippen MR) is 82.3 cm³/mol. The summed E-state index contributed by atoms with van der Waals surface area (Å²) in [4.78, 5) is 4.23. The van der Waals surface area contributed by atoms with E-state index in [9.17, 15) is 18.4 Å². The summed E-state index contributed by atoms with van der Waals surface area (Å²) < 4.78 is 40.5. The first-order valence-electron chi connectivity index (χ1n) is 7.31. The van der Waals surface area contributed by atoms with E-state index in [0.717, 1.165) is 12.1 Å². The number of benzene rings is 1. The zero-order chi connectivity index (χ0) is 17.5. The van der Waals surface area contributed by atoms with Gasteiger partial charge in [0.05, 0.1) is 17.0 Å². The average molecular weight is 330 g/mol. The number of nitrogens with zero attached hydrogens (tertiary/aromatic N) is 4. The number of aromatic nitrogens is 3. The van der Waals surface area contributed by atoms with Crippen molar-refractivity contribution in [1.82, 2.24) is 14.6 Å². The molecular formula is C17H13F3N4. The minimum absolute atomic E-state index is 0.353. The fourth-order valence-corrected chi connectivity index (χ4v) is 2.67. The van der Waals surface area contributed by atoms with Gasteiger partial charge in [0.25, 0.3) is 0 Å². The summed E-state index contributed by atoms with van der Waals surface area (Å²) >= 11 is 0. The van der Waals surface area contributed by atoms with E-state index in [-0.39, 0.29) is 0 Å². The summed E-state index contributed by atoms with van der Waals surface area (Å²) in [6, 6.07) is 7.14. The van der Waals surface area contributed by atoms with Crippen molar-refractivity contribution in [3.8, 4) is 17.3 Å². The van der Waals surface area contributed by atoms with Crippen LogP contribution in [0.5, 0.6) is 0 Å². The van der Waals surface area contributed by atoms with E-state index in [4.69, 9.17) is 0 Å². The third kappa shape index (κ3) is 2.50. The van der Waals surface area contributed by atoms with Gasteiger partial charge in [0.1, 0.15) is 11.6 Å². The fraction of sp³-hybridized carbons (Fsp3) is 0.235. The van der Waals surface area contributed by atoms with Gasteiger partial charge in [-0.1, -0.05) is 19.1 Å². The van der Waals surface area contributed by atoms with Crippen LogP contribution in [-0.2, 0) is 12.6 Å². The van der Waals surface area contributed by atoms with E-state index in [2.05, 4.69) is 16.2 Å². The SMILES string of the molecule is CCc1nn2c(-c3cccc(C(F)(F)F)c3)c(C)cnc2c1C#N. The molecule has 2 heterocycles. The molecule has 2 aromatic heterocycles. The first-order chi connectivity index (χ1) is 11.4. The van der Waals surface area contributed by atoms with E-state index in [1.165, 1.54) is 10.6 Å². The molecule has 0 radical (unpaired) electrons. The molecule has 1 aromatic carbocycles. The smallest absolute Gasteiger partial charge is 0.236 e. The van der Waals surface area contributed by atoms with Gasteiger partial charge in [-0.3, -0.25) is 0 Å². The highest BCUT2D eigenvalue weighted by atomic mass is 19.4. The second-order valence-corrected chi connectivity index (χ2v) is 5.39. The van der Waals surface area contributed by atoms with Gasteiger partial charge in [0.2, 0.25) is 0 Å². The highest BCUT2D eigenvalue weighted by Crippen LogP contribution is 2.33. The Kier molecular flexibility index (Phi) is 3.76. The Morgan fingerprint density at radius 2 is 2.04 bits per heavy atom. The van der Waals surface area contributed by atoms with E-state index in [1.54, 1.807) is 19.2 Å². The van der Waals surface area contributed by atoms with Crippen molar-refractivity contribution in [3.63, 3.8) is 0 Å². The van der Waals surface area contributed by atoms with Crippen LogP contribution in [0.2, 0.25) is 0 Å². The molecule has 3 aromatic rings. The zero-order valence-corrected chi connectivity index (χ0v) is 13.0. The molecule has 24 heavy (non-hydrogen) atoms. The highest BCUT2D eigenvalue weighted by Gasteiger charge is 2.31. The summed E-state index contributed by atoms with van der Waals surface area (Å²) in [5, 5.41) is 13.7. The highest BCUT2D eigenvalue weighted by molar-refractivity contribution is 5.69. The van der Waals surface area contributed by atoms with Crippen LogP contribution in [0.15, 0.2) is 30.5 Å². The van der Waals surface area contributed by atoms with Crippen LogP contribution in [-0.4, -0.2) is 14.6 Å². The molecule has 0 unspecified atom stereocenters. The van der Waals surface area contributed by atoms with Gasteiger partial charge in [-0.25, -0.2) is 9.50 Å². The molecule has 7 heteroatoms. The van der Waals surface area contributed by atoms with E-state index >= 15 is 0 Å². The number of fused-ring (bicyclic) bond motifs is 1. The lowest BCUT2D eigenvalue weighted by atomic mass is 10.0. The molecule has 122 valence electrons. The molecule has 0 saturated heterocycles. The molecule has 3 rings (SSSR count). The minimum Gasteiger partial charge on any atom is -0.236 e. The number of rotatable bonds is 2. The lowest BCUT2D eigenvalue weighted by molar-refractivity contribution is -0.137. The van der Waals surface area contributed by atoms with E-state index < -0.39 is 11.7 Å². The standard InChI is InChI=1S/C17H13F3N4/c1-3-14-13(8-21)16-22-9-10(2)15(24(16)23-14)11-5-4-6-12(7-11)17(18,19)20/h4-7,9H,3H2,1-2H3. The van der Waals surface area contributed by atoms with Crippen molar-refractivity contribution < 1.29 is 13.2 Å². The van der Waals surface area contributed by atoms with Gasteiger partial charge in [0.15, 0.2) is 5.65 Å². The van der Waals surface area contributed by atoms with Gasteiger partial charge >= 0.3 is 6.18 Å². The van der Waals surface area contributed by atoms with Gasteiger partial charge in [-0.15, -0.1) is 0 Å². The Morgan fingerprint density at radius 1 is 1.29 bits per heavy atom. The molecule has 0 spiro atoms. The summed E-state index contributed by atoms with van der Waals surface area (Å²) in [5.74, 6) is 0. The maximum absolute atomic E-state index is 13.0. The van der Waals surface area contributed by atoms with E-state index in [1.807, 2.05) is 6.92 Å². The molecule has 0 amide bonds. The van der Waals surface area contributed by atoms with Crippen molar-refractivity contribution in [3.05, 3.63) is 52.8 Å². The number of hydrogen-bond acceptors (Lipinski definition) is 3. The van der Waals surface area contributed by atoms with Crippen LogP contribution in [0.4, 0.5) is 13.2 Å². The molecule has 0 N–H and O–H groups in total. The molecule has 0 aliphatic carbocycles. The van der Waals surface area contributed by atoms with Crippen molar-refractivity contribution in [1.29, 1.82) is 5.26 Å². The Hall–Kier alpha value is -2.88. The van der Waals surface area contributed by atoms with Crippen LogP contribution in [0, 0.1) is 18.3 Å². The lowest BCUT2D eigenvalue weighted by Crippen LogP contribution is -2.06. The summed E-state index contributed by atoms with van der Waals surface area (Å²) in [7, 11) is 0. The number of hydrogen-bond donors (Lipinski definition) is 0. The Balaban J connectivity index is 2.33. The van der Waals surface area contributed by atoms with E-state index in [0.29, 0.717) is 40.1 Å². The fourth-order valence-electron chi connectivity index (χ4n) is 2.67. The number of alkyl halides is 3. The van der Waals surface area contributed by atoms with Crippen molar-refractivity contribution in [2.45, 2.75) is 26.4 Å². The first kappa shape index (κ1) is 16.0. The number of halogens is 3. The topological polar surface area (TPSA) is 54.0 Å². The van der Waals surface area contributed by atoms with Crippen LogP contribution in [0.25, 0.3) is 16.9 Å². The second kappa shape index (κ2) is 5.64. The quantitative estimate of drug-likeness (QED) is 0.709.